The fourth-order valence-electron chi connectivity index (χ4n) is 3.93. The van der Waals surface area contributed by atoms with Gasteiger partial charge in [0.15, 0.2) is 0 Å². The first-order chi connectivity index (χ1) is 12.2. The number of piperidine rings is 1. The van der Waals surface area contributed by atoms with Crippen LogP contribution in [0.15, 0.2) is 18.3 Å². The van der Waals surface area contributed by atoms with Gasteiger partial charge in [-0.2, -0.15) is 0 Å². The lowest BCUT2D eigenvalue weighted by Crippen LogP contribution is -2.40. The standard InChI is InChI=1S/C20H27N5/c1-14-7-8-19(21-13-14)25-11-9-16(10-12-25)24-20-17-5-3-4-6-18(17)22-15(2)23-20/h7-8,13,16H,3-6,9-12H2,1-2H3,(H,22,23,24). The molecule has 132 valence electrons. The maximum absolute atomic E-state index is 4.72. The Kier molecular flexibility index (Phi) is 4.55. The molecule has 1 aliphatic heterocycles. The smallest absolute Gasteiger partial charge is 0.133 e. The molecule has 0 bridgehead atoms. The summed E-state index contributed by atoms with van der Waals surface area (Å²) in [5.74, 6) is 3.08. The van der Waals surface area contributed by atoms with Gasteiger partial charge in [-0.3, -0.25) is 0 Å². The molecule has 5 heteroatoms. The monoisotopic (exact) mass is 337 g/mol. The summed E-state index contributed by atoms with van der Waals surface area (Å²) < 4.78 is 0. The zero-order valence-electron chi connectivity index (χ0n) is 15.3. The van der Waals surface area contributed by atoms with Gasteiger partial charge in [0.25, 0.3) is 0 Å². The van der Waals surface area contributed by atoms with Crippen molar-refractivity contribution in [1.82, 2.24) is 15.0 Å². The number of aryl methyl sites for hydroxylation is 3. The van der Waals surface area contributed by atoms with E-state index in [9.17, 15) is 0 Å². The maximum atomic E-state index is 4.72. The van der Waals surface area contributed by atoms with Crippen LogP contribution in [0.3, 0.4) is 0 Å². The Hall–Kier alpha value is -2.17. The van der Waals surface area contributed by atoms with Gasteiger partial charge in [-0.05, 0) is 64.0 Å². The highest BCUT2D eigenvalue weighted by molar-refractivity contribution is 5.49. The molecule has 0 unspecified atom stereocenters. The molecule has 3 heterocycles. The molecule has 0 spiro atoms. The van der Waals surface area contributed by atoms with Crippen LogP contribution in [-0.4, -0.2) is 34.1 Å². The Labute approximate surface area is 149 Å². The Morgan fingerprint density at radius 2 is 1.84 bits per heavy atom. The van der Waals surface area contributed by atoms with Crippen LogP contribution in [0.2, 0.25) is 0 Å². The number of pyridine rings is 1. The van der Waals surface area contributed by atoms with Crippen LogP contribution >= 0.6 is 0 Å². The molecule has 0 saturated carbocycles. The highest BCUT2D eigenvalue weighted by Crippen LogP contribution is 2.27. The fraction of sp³-hybridized carbons (Fsp3) is 0.550. The minimum atomic E-state index is 0.488. The summed E-state index contributed by atoms with van der Waals surface area (Å²) in [6.45, 7) is 6.17. The predicted octanol–water partition coefficient (Wildman–Crippen LogP) is 3.45. The van der Waals surface area contributed by atoms with E-state index in [0.717, 1.165) is 56.2 Å². The number of fused-ring (bicyclic) bond motifs is 1. The van der Waals surface area contributed by atoms with Crippen molar-refractivity contribution in [2.75, 3.05) is 23.3 Å². The number of rotatable bonds is 3. The zero-order chi connectivity index (χ0) is 17.2. The number of aromatic nitrogens is 3. The van der Waals surface area contributed by atoms with E-state index in [1.807, 2.05) is 13.1 Å². The lowest BCUT2D eigenvalue weighted by molar-refractivity contribution is 0.520. The zero-order valence-corrected chi connectivity index (χ0v) is 15.3. The molecule has 2 aromatic heterocycles. The lowest BCUT2D eigenvalue weighted by Gasteiger charge is -2.34. The number of hydrogen-bond acceptors (Lipinski definition) is 5. The quantitative estimate of drug-likeness (QED) is 0.930. The van der Waals surface area contributed by atoms with Gasteiger partial charge in [0, 0.05) is 36.6 Å². The third-order valence-electron chi connectivity index (χ3n) is 5.35. The second-order valence-corrected chi connectivity index (χ2v) is 7.35. The number of nitrogens with zero attached hydrogens (tertiary/aromatic N) is 4. The summed E-state index contributed by atoms with van der Waals surface area (Å²) in [6, 6.07) is 4.76. The average molecular weight is 337 g/mol. The van der Waals surface area contributed by atoms with Gasteiger partial charge in [-0.1, -0.05) is 6.07 Å². The minimum absolute atomic E-state index is 0.488. The van der Waals surface area contributed by atoms with Crippen LogP contribution in [0.4, 0.5) is 11.6 Å². The highest BCUT2D eigenvalue weighted by atomic mass is 15.2. The van der Waals surface area contributed by atoms with Gasteiger partial charge in [0.1, 0.15) is 17.5 Å². The lowest BCUT2D eigenvalue weighted by atomic mass is 9.95. The molecule has 1 aliphatic carbocycles. The van der Waals surface area contributed by atoms with Crippen molar-refractivity contribution in [1.29, 1.82) is 0 Å². The largest absolute Gasteiger partial charge is 0.367 e. The van der Waals surface area contributed by atoms with E-state index >= 15 is 0 Å². The normalized spacial score (nSPS) is 18.1. The molecule has 1 N–H and O–H groups in total. The summed E-state index contributed by atoms with van der Waals surface area (Å²) >= 11 is 0. The van der Waals surface area contributed by atoms with Gasteiger partial charge >= 0.3 is 0 Å². The second kappa shape index (κ2) is 6.98. The van der Waals surface area contributed by atoms with Crippen LogP contribution < -0.4 is 10.2 Å². The number of hydrogen-bond donors (Lipinski definition) is 1. The molecule has 2 aromatic rings. The second-order valence-electron chi connectivity index (χ2n) is 7.35. The first-order valence-electron chi connectivity index (χ1n) is 9.49. The van der Waals surface area contributed by atoms with Gasteiger partial charge in [0.2, 0.25) is 0 Å². The van der Waals surface area contributed by atoms with Crippen LogP contribution in [0, 0.1) is 13.8 Å². The molecule has 4 rings (SSSR count). The molecule has 0 amide bonds. The summed E-state index contributed by atoms with van der Waals surface area (Å²) in [6.07, 6.45) is 8.92. The van der Waals surface area contributed by atoms with Crippen molar-refractivity contribution in [2.24, 2.45) is 0 Å². The third kappa shape index (κ3) is 3.60. The molecule has 1 fully saturated rings. The molecule has 25 heavy (non-hydrogen) atoms. The summed E-state index contributed by atoms with van der Waals surface area (Å²) in [5.41, 5.74) is 3.84. The van der Waals surface area contributed by atoms with Crippen LogP contribution in [-0.2, 0) is 12.8 Å². The highest BCUT2D eigenvalue weighted by Gasteiger charge is 2.23. The predicted molar refractivity (Wildman–Crippen MR) is 101 cm³/mol. The molecule has 1 saturated heterocycles. The molecular weight excluding hydrogens is 310 g/mol. The van der Waals surface area contributed by atoms with Crippen molar-refractivity contribution in [3.05, 3.63) is 41.0 Å². The van der Waals surface area contributed by atoms with Gasteiger partial charge in [-0.25, -0.2) is 15.0 Å². The van der Waals surface area contributed by atoms with Crippen molar-refractivity contribution in [3.8, 4) is 0 Å². The van der Waals surface area contributed by atoms with Crippen LogP contribution in [0.5, 0.6) is 0 Å². The molecule has 0 radical (unpaired) electrons. The van der Waals surface area contributed by atoms with E-state index in [-0.39, 0.29) is 0 Å². The van der Waals surface area contributed by atoms with E-state index in [4.69, 9.17) is 4.98 Å². The third-order valence-corrected chi connectivity index (χ3v) is 5.35. The van der Waals surface area contributed by atoms with Crippen LogP contribution in [0.1, 0.15) is 48.3 Å². The Morgan fingerprint density at radius 3 is 2.60 bits per heavy atom. The van der Waals surface area contributed by atoms with E-state index in [1.165, 1.54) is 29.7 Å². The molecule has 0 atom stereocenters. The molecule has 2 aliphatic rings. The first kappa shape index (κ1) is 16.3. The molecule has 5 nitrogen and oxygen atoms in total. The van der Waals surface area contributed by atoms with Crippen molar-refractivity contribution in [3.63, 3.8) is 0 Å². The summed E-state index contributed by atoms with van der Waals surface area (Å²) in [7, 11) is 0. The summed E-state index contributed by atoms with van der Waals surface area (Å²) in [5, 5.41) is 3.73. The van der Waals surface area contributed by atoms with Gasteiger partial charge < -0.3 is 10.2 Å². The minimum Gasteiger partial charge on any atom is -0.367 e. The van der Waals surface area contributed by atoms with Gasteiger partial charge in [-0.15, -0.1) is 0 Å². The molecular formula is C20H27N5. The van der Waals surface area contributed by atoms with E-state index in [2.05, 4.69) is 39.2 Å². The van der Waals surface area contributed by atoms with E-state index < -0.39 is 0 Å². The van der Waals surface area contributed by atoms with Crippen molar-refractivity contribution < 1.29 is 0 Å². The molecule has 0 aromatic carbocycles. The van der Waals surface area contributed by atoms with Crippen molar-refractivity contribution in [2.45, 2.75) is 58.4 Å². The summed E-state index contributed by atoms with van der Waals surface area (Å²) in [4.78, 5) is 16.3. The topological polar surface area (TPSA) is 53.9 Å². The van der Waals surface area contributed by atoms with Gasteiger partial charge in [0.05, 0.1) is 0 Å². The Balaban J connectivity index is 1.42. The fourth-order valence-corrected chi connectivity index (χ4v) is 3.93. The Bertz CT molecular complexity index is 732. The number of anilines is 2. The van der Waals surface area contributed by atoms with Crippen molar-refractivity contribution >= 4 is 11.6 Å². The van der Waals surface area contributed by atoms with E-state index in [1.54, 1.807) is 0 Å². The average Bonchev–Trinajstić information content (AvgIpc) is 2.63. The number of nitrogens with one attached hydrogen (secondary N) is 1. The Morgan fingerprint density at radius 1 is 1.04 bits per heavy atom. The SMILES string of the molecule is Cc1ccc(N2CCC(Nc3nc(C)nc4c3CCCC4)CC2)nc1. The van der Waals surface area contributed by atoms with E-state index in [0.29, 0.717) is 6.04 Å². The first-order valence-corrected chi connectivity index (χ1v) is 9.49. The maximum Gasteiger partial charge on any atom is 0.133 e. The van der Waals surface area contributed by atoms with Crippen LogP contribution in [0.25, 0.3) is 0 Å².